The van der Waals surface area contributed by atoms with Gasteiger partial charge in [-0.15, -0.1) is 0 Å². The van der Waals surface area contributed by atoms with Crippen molar-refractivity contribution in [2.24, 2.45) is 17.4 Å². The molecule has 1 aromatic rings. The number of benzene rings is 1. The molecule has 2 aliphatic rings. The van der Waals surface area contributed by atoms with E-state index < -0.39 is 0 Å². The van der Waals surface area contributed by atoms with Crippen LogP contribution < -0.4 is 11.5 Å². The van der Waals surface area contributed by atoms with E-state index in [1.54, 1.807) is 0 Å². The summed E-state index contributed by atoms with van der Waals surface area (Å²) in [5, 5.41) is 0. The quantitative estimate of drug-likeness (QED) is 0.864. The first-order valence-corrected chi connectivity index (χ1v) is 9.85. The van der Waals surface area contributed by atoms with E-state index in [0.717, 1.165) is 32.3 Å². The van der Waals surface area contributed by atoms with E-state index in [2.05, 4.69) is 31.2 Å². The molecule has 3 heteroatoms. The van der Waals surface area contributed by atoms with Crippen molar-refractivity contribution in [2.45, 2.75) is 82.4 Å². The average Bonchev–Trinajstić information content (AvgIpc) is 2.60. The Morgan fingerprint density at radius 3 is 2.12 bits per heavy atom. The molecule has 0 saturated heterocycles. The lowest BCUT2D eigenvalue weighted by molar-refractivity contribution is -0.00455. The zero-order valence-corrected chi connectivity index (χ0v) is 15.1. The molecule has 0 heterocycles. The highest BCUT2D eigenvalue weighted by Crippen LogP contribution is 2.34. The molecule has 0 spiro atoms. The van der Waals surface area contributed by atoms with E-state index in [9.17, 15) is 0 Å². The summed E-state index contributed by atoms with van der Waals surface area (Å²) in [5.74, 6) is 1.27. The van der Waals surface area contributed by atoms with E-state index in [1.165, 1.54) is 36.8 Å². The van der Waals surface area contributed by atoms with Gasteiger partial charge >= 0.3 is 0 Å². The third-order valence-corrected chi connectivity index (χ3v) is 5.98. The largest absolute Gasteiger partial charge is 0.378 e. The Kier molecular flexibility index (Phi) is 6.31. The molecule has 2 aliphatic carbocycles. The molecule has 3 rings (SSSR count). The van der Waals surface area contributed by atoms with Crippen molar-refractivity contribution >= 4 is 0 Å². The van der Waals surface area contributed by atoms with Gasteiger partial charge in [-0.05, 0) is 74.3 Å². The van der Waals surface area contributed by atoms with Crippen molar-refractivity contribution in [3.8, 4) is 0 Å². The Labute approximate surface area is 147 Å². The minimum atomic E-state index is 0.268. The summed E-state index contributed by atoms with van der Waals surface area (Å²) in [5.41, 5.74) is 15.1. The van der Waals surface area contributed by atoms with Crippen LogP contribution in [-0.2, 0) is 11.2 Å². The standard InChI is InChI=1S/C21H34N2O/c1-2-15-3-5-17(6-4-15)18-7-9-21(10-8-18)24-14-16-11-19(22)13-20(23)12-16/h3-6,16,18-21H,2,7-14,22-23H2,1H3. The molecule has 3 nitrogen and oxygen atoms in total. The maximum absolute atomic E-state index is 6.23. The maximum atomic E-state index is 6.23. The predicted octanol–water partition coefficient (Wildman–Crippen LogP) is 3.75. The fraction of sp³-hybridized carbons (Fsp3) is 0.714. The van der Waals surface area contributed by atoms with E-state index in [0.29, 0.717) is 17.9 Å². The molecule has 4 N–H and O–H groups in total. The predicted molar refractivity (Wildman–Crippen MR) is 100 cm³/mol. The molecule has 2 atom stereocenters. The zero-order chi connectivity index (χ0) is 16.9. The smallest absolute Gasteiger partial charge is 0.0575 e. The SMILES string of the molecule is CCc1ccc(C2CCC(OCC3CC(N)CC(N)C3)CC2)cc1. The van der Waals surface area contributed by atoms with Crippen LogP contribution >= 0.6 is 0 Å². The molecule has 0 aliphatic heterocycles. The second kappa shape index (κ2) is 8.46. The van der Waals surface area contributed by atoms with Crippen molar-refractivity contribution in [3.63, 3.8) is 0 Å². The van der Waals surface area contributed by atoms with Gasteiger partial charge in [-0.3, -0.25) is 0 Å². The van der Waals surface area contributed by atoms with Gasteiger partial charge in [0.1, 0.15) is 0 Å². The van der Waals surface area contributed by atoms with Crippen LogP contribution in [0.2, 0.25) is 0 Å². The molecule has 2 fully saturated rings. The van der Waals surface area contributed by atoms with Gasteiger partial charge < -0.3 is 16.2 Å². The molecule has 2 saturated carbocycles. The van der Waals surface area contributed by atoms with E-state index in [1.807, 2.05) is 0 Å². The molecule has 0 bridgehead atoms. The van der Waals surface area contributed by atoms with Gasteiger partial charge in [0.2, 0.25) is 0 Å². The normalized spacial score (nSPS) is 34.2. The second-order valence-electron chi connectivity index (χ2n) is 8.00. The molecular weight excluding hydrogens is 296 g/mol. The minimum absolute atomic E-state index is 0.268. The van der Waals surface area contributed by atoms with Crippen LogP contribution in [0.1, 0.15) is 68.9 Å². The summed E-state index contributed by atoms with van der Waals surface area (Å²) in [6.07, 6.45) is 9.55. The fourth-order valence-corrected chi connectivity index (χ4v) is 4.53. The first-order chi connectivity index (χ1) is 11.6. The van der Waals surface area contributed by atoms with Crippen molar-refractivity contribution in [2.75, 3.05) is 6.61 Å². The van der Waals surface area contributed by atoms with Crippen LogP contribution in [0.15, 0.2) is 24.3 Å². The summed E-state index contributed by atoms with van der Waals surface area (Å²) < 4.78 is 6.23. The van der Waals surface area contributed by atoms with Gasteiger partial charge in [0, 0.05) is 18.7 Å². The zero-order valence-electron chi connectivity index (χ0n) is 15.1. The molecule has 24 heavy (non-hydrogen) atoms. The lowest BCUT2D eigenvalue weighted by atomic mass is 9.82. The molecule has 134 valence electrons. The van der Waals surface area contributed by atoms with E-state index >= 15 is 0 Å². The molecule has 2 unspecified atom stereocenters. The van der Waals surface area contributed by atoms with Crippen molar-refractivity contribution in [1.29, 1.82) is 0 Å². The van der Waals surface area contributed by atoms with Crippen LogP contribution in [0.5, 0.6) is 0 Å². The van der Waals surface area contributed by atoms with Crippen LogP contribution in [0.4, 0.5) is 0 Å². The van der Waals surface area contributed by atoms with Gasteiger partial charge in [-0.1, -0.05) is 31.2 Å². The highest BCUT2D eigenvalue weighted by atomic mass is 16.5. The number of ether oxygens (including phenoxy) is 1. The number of hydrogen-bond donors (Lipinski definition) is 2. The fourth-order valence-electron chi connectivity index (χ4n) is 4.53. The molecule has 0 amide bonds. The lowest BCUT2D eigenvalue weighted by Crippen LogP contribution is -2.41. The highest BCUT2D eigenvalue weighted by molar-refractivity contribution is 5.25. The summed E-state index contributed by atoms with van der Waals surface area (Å²) in [6, 6.07) is 9.76. The van der Waals surface area contributed by atoms with Crippen LogP contribution in [0, 0.1) is 5.92 Å². The summed E-state index contributed by atoms with van der Waals surface area (Å²) in [4.78, 5) is 0. The summed E-state index contributed by atoms with van der Waals surface area (Å²) >= 11 is 0. The first kappa shape index (κ1) is 17.9. The van der Waals surface area contributed by atoms with Gasteiger partial charge in [-0.25, -0.2) is 0 Å². The highest BCUT2D eigenvalue weighted by Gasteiger charge is 2.27. The molecule has 1 aromatic carbocycles. The Hall–Kier alpha value is -0.900. The number of aryl methyl sites for hydroxylation is 1. The van der Waals surface area contributed by atoms with Gasteiger partial charge in [-0.2, -0.15) is 0 Å². The third-order valence-electron chi connectivity index (χ3n) is 5.98. The average molecular weight is 331 g/mol. The van der Waals surface area contributed by atoms with Crippen LogP contribution in [0.25, 0.3) is 0 Å². The molecule has 0 radical (unpaired) electrons. The maximum Gasteiger partial charge on any atom is 0.0575 e. The van der Waals surface area contributed by atoms with Gasteiger partial charge in [0.25, 0.3) is 0 Å². The van der Waals surface area contributed by atoms with Crippen LogP contribution in [-0.4, -0.2) is 24.8 Å². The summed E-state index contributed by atoms with van der Waals surface area (Å²) in [6.45, 7) is 3.06. The Balaban J connectivity index is 1.41. The summed E-state index contributed by atoms with van der Waals surface area (Å²) in [7, 11) is 0. The van der Waals surface area contributed by atoms with Crippen molar-refractivity contribution < 1.29 is 4.74 Å². The second-order valence-corrected chi connectivity index (χ2v) is 8.00. The third kappa shape index (κ3) is 4.81. The van der Waals surface area contributed by atoms with Crippen LogP contribution in [0.3, 0.4) is 0 Å². The monoisotopic (exact) mass is 330 g/mol. The first-order valence-electron chi connectivity index (χ1n) is 9.85. The van der Waals surface area contributed by atoms with E-state index in [4.69, 9.17) is 16.2 Å². The Bertz CT molecular complexity index is 483. The van der Waals surface area contributed by atoms with E-state index in [-0.39, 0.29) is 12.1 Å². The molecular formula is C21H34N2O. The van der Waals surface area contributed by atoms with Gasteiger partial charge in [0.15, 0.2) is 0 Å². The van der Waals surface area contributed by atoms with Gasteiger partial charge in [0.05, 0.1) is 6.10 Å². The minimum Gasteiger partial charge on any atom is -0.378 e. The lowest BCUT2D eigenvalue weighted by Gasteiger charge is -2.34. The Morgan fingerprint density at radius 2 is 1.54 bits per heavy atom. The number of hydrogen-bond acceptors (Lipinski definition) is 3. The van der Waals surface area contributed by atoms with Crippen molar-refractivity contribution in [1.82, 2.24) is 0 Å². The number of nitrogens with two attached hydrogens (primary N) is 2. The Morgan fingerprint density at radius 1 is 0.917 bits per heavy atom. The number of rotatable bonds is 5. The molecule has 0 aromatic heterocycles. The van der Waals surface area contributed by atoms with Crippen molar-refractivity contribution in [3.05, 3.63) is 35.4 Å². The topological polar surface area (TPSA) is 61.3 Å².